The van der Waals surface area contributed by atoms with Crippen molar-refractivity contribution in [3.63, 3.8) is 0 Å². The maximum atomic E-state index is 8.03. The molecule has 0 aliphatic carbocycles. The molecule has 76 valence electrons. The summed E-state index contributed by atoms with van der Waals surface area (Å²) in [6, 6.07) is 5.22. The number of rotatable bonds is 2. The minimum Gasteiger partial charge on any atom is -0.495 e. The normalized spacial score (nSPS) is 8.40. The van der Waals surface area contributed by atoms with E-state index in [1.54, 1.807) is 25.3 Å². The van der Waals surface area contributed by atoms with Crippen molar-refractivity contribution in [1.29, 1.82) is 0 Å². The minimum atomic E-state index is 0.153. The van der Waals surface area contributed by atoms with E-state index in [4.69, 9.17) is 21.9 Å². The Balaban J connectivity index is 2.82. The largest absolute Gasteiger partial charge is 0.495 e. The Morgan fingerprint density at radius 1 is 1.60 bits per heavy atom. The fraction of sp³-hybridized carbons (Fsp3) is 0.200. The molecule has 0 heterocycles. The highest BCUT2D eigenvalue weighted by atomic mass is 35.5. The van der Waals surface area contributed by atoms with E-state index in [0.29, 0.717) is 10.8 Å². The molecule has 0 radical (unpaired) electrons. The zero-order chi connectivity index (χ0) is 11.1. The molecule has 15 heavy (non-hydrogen) atoms. The monoisotopic (exact) mass is 221 g/mol. The molecular formula is C10H8ClN3O. The molecule has 4 nitrogen and oxygen atoms in total. The number of hydrogen-bond donors (Lipinski definition) is 0. The second-order valence-corrected chi connectivity index (χ2v) is 2.95. The van der Waals surface area contributed by atoms with Gasteiger partial charge in [-0.05, 0) is 23.7 Å². The van der Waals surface area contributed by atoms with Gasteiger partial charge < -0.3 is 4.74 Å². The zero-order valence-corrected chi connectivity index (χ0v) is 8.82. The van der Waals surface area contributed by atoms with Crippen molar-refractivity contribution in [3.8, 4) is 17.6 Å². The smallest absolute Gasteiger partial charge is 0.137 e. The second-order valence-electron chi connectivity index (χ2n) is 2.54. The van der Waals surface area contributed by atoms with E-state index in [2.05, 4.69) is 21.9 Å². The van der Waals surface area contributed by atoms with Gasteiger partial charge >= 0.3 is 0 Å². The molecule has 0 unspecified atom stereocenters. The van der Waals surface area contributed by atoms with Crippen molar-refractivity contribution in [3.05, 3.63) is 39.2 Å². The van der Waals surface area contributed by atoms with Gasteiger partial charge in [0.25, 0.3) is 0 Å². The summed E-state index contributed by atoms with van der Waals surface area (Å²) in [4.78, 5) is 2.59. The van der Waals surface area contributed by atoms with Crippen LogP contribution < -0.4 is 4.74 Å². The molecule has 0 N–H and O–H groups in total. The summed E-state index contributed by atoms with van der Waals surface area (Å²) in [5.74, 6) is 6.12. The Bertz CT molecular complexity index is 455. The lowest BCUT2D eigenvalue weighted by atomic mass is 10.2. The van der Waals surface area contributed by atoms with Gasteiger partial charge in [0, 0.05) is 10.5 Å². The van der Waals surface area contributed by atoms with Gasteiger partial charge in [0.1, 0.15) is 5.75 Å². The highest BCUT2D eigenvalue weighted by Gasteiger charge is 1.98. The fourth-order valence-corrected chi connectivity index (χ4v) is 1.21. The Morgan fingerprint density at radius 3 is 3.00 bits per heavy atom. The lowest BCUT2D eigenvalue weighted by molar-refractivity contribution is 0.415. The lowest BCUT2D eigenvalue weighted by Gasteiger charge is -2.01. The van der Waals surface area contributed by atoms with E-state index in [-0.39, 0.29) is 6.54 Å². The van der Waals surface area contributed by atoms with Crippen molar-refractivity contribution in [1.82, 2.24) is 0 Å². The molecular weight excluding hydrogens is 214 g/mol. The number of nitrogens with zero attached hydrogens (tertiary/aromatic N) is 3. The van der Waals surface area contributed by atoms with Gasteiger partial charge in [-0.2, -0.15) is 0 Å². The molecule has 1 aromatic rings. The Morgan fingerprint density at radius 2 is 2.40 bits per heavy atom. The molecule has 1 rings (SSSR count). The number of methoxy groups -OCH3 is 1. The quantitative estimate of drug-likeness (QED) is 0.328. The van der Waals surface area contributed by atoms with E-state index in [9.17, 15) is 0 Å². The molecule has 0 aromatic heterocycles. The van der Waals surface area contributed by atoms with Crippen molar-refractivity contribution in [2.75, 3.05) is 13.7 Å². The summed E-state index contributed by atoms with van der Waals surface area (Å²) in [5.41, 5.74) is 8.79. The molecule has 0 aliphatic rings. The van der Waals surface area contributed by atoms with E-state index < -0.39 is 0 Å². The first-order chi connectivity index (χ1) is 7.27. The Labute approximate surface area is 92.4 Å². The maximum absolute atomic E-state index is 8.03. The summed E-state index contributed by atoms with van der Waals surface area (Å²) in [7, 11) is 1.55. The third kappa shape index (κ3) is 3.43. The number of benzene rings is 1. The third-order valence-electron chi connectivity index (χ3n) is 1.60. The average molecular weight is 222 g/mol. The topological polar surface area (TPSA) is 58.0 Å². The first-order valence-electron chi connectivity index (χ1n) is 4.11. The van der Waals surface area contributed by atoms with Crippen LogP contribution in [0.4, 0.5) is 0 Å². The van der Waals surface area contributed by atoms with Crippen molar-refractivity contribution >= 4 is 11.6 Å². The number of ether oxygens (including phenoxy) is 1. The SMILES string of the molecule is COc1ccc(C#CCN=[N+]=[N-])cc1Cl. The van der Waals surface area contributed by atoms with Crippen LogP contribution in [0.25, 0.3) is 10.4 Å². The van der Waals surface area contributed by atoms with E-state index in [1.165, 1.54) is 0 Å². The zero-order valence-electron chi connectivity index (χ0n) is 8.07. The van der Waals surface area contributed by atoms with Gasteiger partial charge in [0.05, 0.1) is 18.7 Å². The van der Waals surface area contributed by atoms with Gasteiger partial charge in [-0.1, -0.05) is 28.6 Å². The molecule has 0 aliphatic heterocycles. The molecule has 0 atom stereocenters. The third-order valence-corrected chi connectivity index (χ3v) is 1.89. The molecule has 0 fully saturated rings. The first-order valence-corrected chi connectivity index (χ1v) is 4.49. The highest BCUT2D eigenvalue weighted by Crippen LogP contribution is 2.24. The molecule has 1 aromatic carbocycles. The summed E-state index contributed by atoms with van der Waals surface area (Å²) in [5, 5.41) is 3.80. The lowest BCUT2D eigenvalue weighted by Crippen LogP contribution is -1.84. The summed E-state index contributed by atoms with van der Waals surface area (Å²) in [6.45, 7) is 0.153. The van der Waals surface area contributed by atoms with Gasteiger partial charge in [-0.15, -0.1) is 0 Å². The van der Waals surface area contributed by atoms with Crippen molar-refractivity contribution in [2.45, 2.75) is 0 Å². The van der Waals surface area contributed by atoms with Crippen LogP contribution in [-0.4, -0.2) is 13.7 Å². The molecule has 5 heteroatoms. The molecule has 0 saturated carbocycles. The minimum absolute atomic E-state index is 0.153. The van der Waals surface area contributed by atoms with Crippen LogP contribution in [0.15, 0.2) is 23.3 Å². The highest BCUT2D eigenvalue weighted by molar-refractivity contribution is 6.32. The second kappa shape index (κ2) is 5.82. The molecule has 0 bridgehead atoms. The standard InChI is InChI=1S/C10H8ClN3O/c1-15-10-5-4-8(7-9(10)11)3-2-6-13-14-12/h4-5,7H,6H2,1H3. The van der Waals surface area contributed by atoms with Crippen molar-refractivity contribution in [2.24, 2.45) is 5.11 Å². The number of hydrogen-bond acceptors (Lipinski definition) is 2. The average Bonchev–Trinajstić information content (AvgIpc) is 2.25. The van der Waals surface area contributed by atoms with Gasteiger partial charge in [-0.25, -0.2) is 0 Å². The van der Waals surface area contributed by atoms with E-state index >= 15 is 0 Å². The van der Waals surface area contributed by atoms with Crippen LogP contribution in [0.1, 0.15) is 5.56 Å². The molecule has 0 spiro atoms. The van der Waals surface area contributed by atoms with Crippen LogP contribution in [0.2, 0.25) is 5.02 Å². The summed E-state index contributed by atoms with van der Waals surface area (Å²) in [6.07, 6.45) is 0. The van der Waals surface area contributed by atoms with E-state index in [0.717, 1.165) is 5.56 Å². The summed E-state index contributed by atoms with van der Waals surface area (Å²) >= 11 is 5.89. The Kier molecular flexibility index (Phi) is 4.36. The maximum Gasteiger partial charge on any atom is 0.137 e. The van der Waals surface area contributed by atoms with E-state index in [1.807, 2.05) is 0 Å². The number of azide groups is 1. The van der Waals surface area contributed by atoms with Crippen LogP contribution in [0.5, 0.6) is 5.75 Å². The van der Waals surface area contributed by atoms with Gasteiger partial charge in [0.15, 0.2) is 0 Å². The first kappa shape index (κ1) is 11.3. The molecule has 0 amide bonds. The fourth-order valence-electron chi connectivity index (χ4n) is 0.953. The van der Waals surface area contributed by atoms with Crippen LogP contribution in [0, 0.1) is 11.8 Å². The Hall–Kier alpha value is -1.82. The van der Waals surface area contributed by atoms with Gasteiger partial charge in [0.2, 0.25) is 0 Å². The van der Waals surface area contributed by atoms with Crippen LogP contribution in [0.3, 0.4) is 0 Å². The number of halogens is 1. The van der Waals surface area contributed by atoms with Crippen molar-refractivity contribution < 1.29 is 4.74 Å². The van der Waals surface area contributed by atoms with Gasteiger partial charge in [-0.3, -0.25) is 0 Å². The van der Waals surface area contributed by atoms with Crippen LogP contribution in [-0.2, 0) is 0 Å². The predicted molar refractivity (Wildman–Crippen MR) is 58.9 cm³/mol. The van der Waals surface area contributed by atoms with Crippen LogP contribution >= 0.6 is 11.6 Å². The predicted octanol–water partition coefficient (Wildman–Crippen LogP) is 3.01. The molecule has 0 saturated heterocycles. The summed E-state index contributed by atoms with van der Waals surface area (Å²) < 4.78 is 5.00.